The molecule has 1 heterocycles. The zero-order valence-electron chi connectivity index (χ0n) is 12.6. The van der Waals surface area contributed by atoms with Crippen LogP contribution in [0, 0.1) is 0 Å². The Labute approximate surface area is 134 Å². The molecule has 0 bridgehead atoms. The molecule has 120 valence electrons. The van der Waals surface area contributed by atoms with Gasteiger partial charge in [-0.2, -0.15) is 0 Å². The molecule has 6 heteroatoms. The van der Waals surface area contributed by atoms with Gasteiger partial charge in [0.2, 0.25) is 0 Å². The van der Waals surface area contributed by atoms with E-state index in [1.165, 1.54) is 12.1 Å². The van der Waals surface area contributed by atoms with Crippen LogP contribution in [0.15, 0.2) is 48.8 Å². The first-order valence-electron chi connectivity index (χ1n) is 7.07. The van der Waals surface area contributed by atoms with Crippen molar-refractivity contribution in [1.29, 1.82) is 0 Å². The maximum absolute atomic E-state index is 12.1. The summed E-state index contributed by atoms with van der Waals surface area (Å²) in [5.74, 6) is -1.08. The molecule has 1 aromatic carbocycles. The van der Waals surface area contributed by atoms with Crippen LogP contribution in [0.2, 0.25) is 0 Å². The first-order valence-corrected chi connectivity index (χ1v) is 7.07. The summed E-state index contributed by atoms with van der Waals surface area (Å²) >= 11 is 0. The number of pyridine rings is 1. The molecule has 6 nitrogen and oxygen atoms in total. The van der Waals surface area contributed by atoms with Gasteiger partial charge in [0.25, 0.3) is 0 Å². The second-order valence-corrected chi connectivity index (χ2v) is 4.81. The molecule has 1 aromatic heterocycles. The third kappa shape index (κ3) is 4.82. The highest BCUT2D eigenvalue weighted by Crippen LogP contribution is 2.23. The largest absolute Gasteiger partial charge is 0.508 e. The van der Waals surface area contributed by atoms with E-state index >= 15 is 0 Å². The van der Waals surface area contributed by atoms with Gasteiger partial charge in [0, 0.05) is 18.8 Å². The minimum absolute atomic E-state index is 0.0820. The number of carbonyl (C=O) groups excluding carboxylic acids is 1. The van der Waals surface area contributed by atoms with E-state index in [1.54, 1.807) is 19.4 Å². The van der Waals surface area contributed by atoms with Gasteiger partial charge in [-0.25, -0.2) is 4.79 Å². The quantitative estimate of drug-likeness (QED) is 0.430. The Kier molecular flexibility index (Phi) is 5.71. The fraction of sp³-hybridized carbons (Fsp3) is 0.176. The number of aromatic hydroxyl groups is 2. The lowest BCUT2D eigenvalue weighted by atomic mass is 10.2. The summed E-state index contributed by atoms with van der Waals surface area (Å²) in [5, 5.41) is 21.9. The molecule has 2 aromatic rings. The molecule has 0 fully saturated rings. The van der Waals surface area contributed by atoms with Crippen molar-refractivity contribution >= 4 is 12.0 Å². The van der Waals surface area contributed by atoms with Gasteiger partial charge in [0.15, 0.2) is 6.23 Å². The Morgan fingerprint density at radius 1 is 1.39 bits per heavy atom. The number of aromatic nitrogens is 1. The third-order valence-corrected chi connectivity index (χ3v) is 3.12. The summed E-state index contributed by atoms with van der Waals surface area (Å²) in [6.45, 7) is 0. The predicted molar refractivity (Wildman–Crippen MR) is 85.9 cm³/mol. The molecule has 23 heavy (non-hydrogen) atoms. The van der Waals surface area contributed by atoms with Crippen molar-refractivity contribution in [2.75, 3.05) is 7.05 Å². The van der Waals surface area contributed by atoms with Gasteiger partial charge in [0.05, 0.1) is 0 Å². The Balaban J connectivity index is 1.97. The van der Waals surface area contributed by atoms with Crippen molar-refractivity contribution in [3.63, 3.8) is 0 Å². The Hall–Kier alpha value is -2.86. The molecule has 0 radical (unpaired) electrons. The third-order valence-electron chi connectivity index (χ3n) is 3.12. The highest BCUT2D eigenvalue weighted by molar-refractivity contribution is 5.92. The van der Waals surface area contributed by atoms with Crippen molar-refractivity contribution in [3.8, 4) is 11.5 Å². The lowest BCUT2D eigenvalue weighted by Crippen LogP contribution is -2.30. The van der Waals surface area contributed by atoms with Crippen LogP contribution in [-0.4, -0.2) is 34.4 Å². The maximum atomic E-state index is 12.1. The van der Waals surface area contributed by atoms with E-state index in [-0.39, 0.29) is 17.1 Å². The number of ether oxygens (including phenoxy) is 1. The van der Waals surface area contributed by atoms with E-state index in [2.05, 4.69) is 10.3 Å². The minimum atomic E-state index is -0.715. The summed E-state index contributed by atoms with van der Waals surface area (Å²) in [4.78, 5) is 16.1. The van der Waals surface area contributed by atoms with Crippen molar-refractivity contribution in [3.05, 3.63) is 59.9 Å². The highest BCUT2D eigenvalue weighted by atomic mass is 16.6. The predicted octanol–water partition coefficient (Wildman–Crippen LogP) is 2.30. The molecule has 0 aliphatic rings. The number of nitrogens with zero attached hydrogens (tertiary/aromatic N) is 1. The summed E-state index contributed by atoms with van der Waals surface area (Å²) in [5.41, 5.74) is 0.862. The van der Waals surface area contributed by atoms with E-state index in [4.69, 9.17) is 4.74 Å². The summed E-state index contributed by atoms with van der Waals surface area (Å²) in [7, 11) is 1.66. The second-order valence-electron chi connectivity index (χ2n) is 4.81. The zero-order chi connectivity index (χ0) is 16.7. The number of hydrogen-bond acceptors (Lipinski definition) is 6. The summed E-state index contributed by atoms with van der Waals surface area (Å²) < 4.78 is 5.27. The highest BCUT2D eigenvalue weighted by Gasteiger charge is 2.17. The van der Waals surface area contributed by atoms with Gasteiger partial charge in [0.1, 0.15) is 17.1 Å². The van der Waals surface area contributed by atoms with E-state index in [0.29, 0.717) is 6.42 Å². The van der Waals surface area contributed by atoms with E-state index < -0.39 is 12.2 Å². The Morgan fingerprint density at radius 3 is 2.91 bits per heavy atom. The summed E-state index contributed by atoms with van der Waals surface area (Å²) in [6, 6.07) is 7.44. The van der Waals surface area contributed by atoms with Gasteiger partial charge >= 0.3 is 5.97 Å². The molecule has 0 aliphatic heterocycles. The number of carbonyl (C=O) groups is 1. The first-order chi connectivity index (χ1) is 11.1. The fourth-order valence-electron chi connectivity index (χ4n) is 1.91. The molecule has 2 rings (SSSR count). The maximum Gasteiger partial charge on any atom is 0.343 e. The number of phenolic OH excluding ortho intramolecular Hbond substituents is 2. The topological polar surface area (TPSA) is 91.7 Å². The minimum Gasteiger partial charge on any atom is -0.508 e. The standard InChI is InChI=1S/C17H18N2O4/c1-18-16(6-2-4-12-5-3-9-19-11-12)23-17(22)14-10-13(20)7-8-15(14)21/h2-5,7-11,16,18,20-21H,6H2,1H3/b4-2+. The smallest absolute Gasteiger partial charge is 0.343 e. The second kappa shape index (κ2) is 7.95. The van der Waals surface area contributed by atoms with Crippen LogP contribution < -0.4 is 5.32 Å². The molecule has 0 amide bonds. The number of phenols is 2. The normalized spacial score (nSPS) is 12.2. The lowest BCUT2D eigenvalue weighted by Gasteiger charge is -2.16. The van der Waals surface area contributed by atoms with Crippen LogP contribution in [0.3, 0.4) is 0 Å². The zero-order valence-corrected chi connectivity index (χ0v) is 12.6. The average Bonchev–Trinajstić information content (AvgIpc) is 2.57. The van der Waals surface area contributed by atoms with E-state index in [0.717, 1.165) is 11.6 Å². The Bertz CT molecular complexity index is 686. The van der Waals surface area contributed by atoms with Crippen molar-refractivity contribution < 1.29 is 19.7 Å². The number of benzene rings is 1. The monoisotopic (exact) mass is 314 g/mol. The first kappa shape index (κ1) is 16.5. The van der Waals surface area contributed by atoms with Crippen LogP contribution in [0.4, 0.5) is 0 Å². The van der Waals surface area contributed by atoms with Gasteiger partial charge in [-0.15, -0.1) is 0 Å². The van der Waals surface area contributed by atoms with Crippen LogP contribution in [0.1, 0.15) is 22.3 Å². The van der Waals surface area contributed by atoms with Crippen LogP contribution in [0.25, 0.3) is 6.08 Å². The van der Waals surface area contributed by atoms with E-state index in [9.17, 15) is 15.0 Å². The van der Waals surface area contributed by atoms with Crippen molar-refractivity contribution in [1.82, 2.24) is 10.3 Å². The molecular formula is C17H18N2O4. The molecular weight excluding hydrogens is 296 g/mol. The number of esters is 1. The number of hydrogen-bond donors (Lipinski definition) is 3. The van der Waals surface area contributed by atoms with Crippen LogP contribution >= 0.6 is 0 Å². The van der Waals surface area contributed by atoms with Crippen molar-refractivity contribution in [2.24, 2.45) is 0 Å². The molecule has 3 N–H and O–H groups in total. The number of rotatable bonds is 6. The van der Waals surface area contributed by atoms with Gasteiger partial charge in [-0.3, -0.25) is 10.3 Å². The average molecular weight is 314 g/mol. The molecule has 0 saturated heterocycles. The molecule has 0 saturated carbocycles. The van der Waals surface area contributed by atoms with Crippen molar-refractivity contribution in [2.45, 2.75) is 12.6 Å². The number of nitrogens with one attached hydrogen (secondary N) is 1. The SMILES string of the molecule is CNC(C/C=C/c1cccnc1)OC(=O)c1cc(O)ccc1O. The summed E-state index contributed by atoms with van der Waals surface area (Å²) in [6.07, 6.45) is 7.03. The van der Waals surface area contributed by atoms with Crippen LogP contribution in [0.5, 0.6) is 11.5 Å². The van der Waals surface area contributed by atoms with Gasteiger partial charge in [-0.1, -0.05) is 18.2 Å². The van der Waals surface area contributed by atoms with Crippen LogP contribution in [-0.2, 0) is 4.74 Å². The fourth-order valence-corrected chi connectivity index (χ4v) is 1.91. The lowest BCUT2D eigenvalue weighted by molar-refractivity contribution is 0.0241. The molecule has 1 atom stereocenters. The van der Waals surface area contributed by atoms with Gasteiger partial charge < -0.3 is 14.9 Å². The molecule has 1 unspecified atom stereocenters. The van der Waals surface area contributed by atoms with E-state index in [1.807, 2.05) is 24.3 Å². The molecule has 0 spiro atoms. The Morgan fingerprint density at radius 2 is 2.22 bits per heavy atom. The molecule has 0 aliphatic carbocycles. The van der Waals surface area contributed by atoms with Gasteiger partial charge in [-0.05, 0) is 36.9 Å².